The molecule has 0 radical (unpaired) electrons. The number of esters is 1. The lowest BCUT2D eigenvalue weighted by Crippen LogP contribution is -2.42. The second-order valence-electron chi connectivity index (χ2n) is 4.61. The maximum absolute atomic E-state index is 12.0. The lowest BCUT2D eigenvalue weighted by molar-refractivity contribution is -0.143. The van der Waals surface area contributed by atoms with E-state index >= 15 is 0 Å². The topological polar surface area (TPSA) is 38.3 Å². The molecule has 1 heterocycles. The fraction of sp³-hybridized carbons (Fsp3) is 0.500. The summed E-state index contributed by atoms with van der Waals surface area (Å²) >= 11 is 6.00. The number of piperidine rings is 1. The lowest BCUT2D eigenvalue weighted by atomic mass is 9.86. The van der Waals surface area contributed by atoms with Crippen molar-refractivity contribution >= 4 is 17.6 Å². The molecule has 1 fully saturated rings. The van der Waals surface area contributed by atoms with E-state index in [0.29, 0.717) is 5.02 Å². The zero-order valence-electron chi connectivity index (χ0n) is 10.5. The summed E-state index contributed by atoms with van der Waals surface area (Å²) in [5.74, 6) is -0.467. The monoisotopic (exact) mass is 267 g/mol. The van der Waals surface area contributed by atoms with Crippen molar-refractivity contribution in [2.24, 2.45) is 0 Å². The summed E-state index contributed by atoms with van der Waals surface area (Å²) in [5, 5.41) is 4.06. The molecular formula is C14H18ClNO2. The van der Waals surface area contributed by atoms with E-state index in [9.17, 15) is 4.79 Å². The number of halogens is 1. The Morgan fingerprint density at radius 3 is 2.94 bits per heavy atom. The SMILES string of the molecule is COC(=O)[C@H](c1cccc(Cl)c1)[C@H]1CCCCN1. The summed E-state index contributed by atoms with van der Waals surface area (Å²) in [7, 11) is 1.43. The predicted octanol–water partition coefficient (Wildman–Crippen LogP) is 2.74. The molecule has 0 saturated carbocycles. The second-order valence-corrected chi connectivity index (χ2v) is 5.05. The molecular weight excluding hydrogens is 250 g/mol. The molecule has 98 valence electrons. The maximum Gasteiger partial charge on any atom is 0.314 e. The molecule has 1 N–H and O–H groups in total. The van der Waals surface area contributed by atoms with Gasteiger partial charge in [-0.1, -0.05) is 30.2 Å². The number of ether oxygens (including phenoxy) is 1. The van der Waals surface area contributed by atoms with E-state index in [0.717, 1.165) is 24.9 Å². The summed E-state index contributed by atoms with van der Waals surface area (Å²) in [4.78, 5) is 12.0. The van der Waals surface area contributed by atoms with E-state index in [1.807, 2.05) is 24.3 Å². The van der Waals surface area contributed by atoms with Crippen molar-refractivity contribution < 1.29 is 9.53 Å². The van der Waals surface area contributed by atoms with Gasteiger partial charge in [0.15, 0.2) is 0 Å². The van der Waals surface area contributed by atoms with E-state index in [-0.39, 0.29) is 17.9 Å². The number of carbonyl (C=O) groups excluding carboxylic acids is 1. The van der Waals surface area contributed by atoms with Gasteiger partial charge in [-0.05, 0) is 37.1 Å². The quantitative estimate of drug-likeness (QED) is 0.856. The van der Waals surface area contributed by atoms with E-state index in [1.54, 1.807) is 0 Å². The number of methoxy groups -OCH3 is 1. The molecule has 1 aromatic carbocycles. The van der Waals surface area contributed by atoms with E-state index in [2.05, 4.69) is 5.32 Å². The molecule has 0 unspecified atom stereocenters. The molecule has 0 aromatic heterocycles. The van der Waals surface area contributed by atoms with Gasteiger partial charge in [0.05, 0.1) is 13.0 Å². The Morgan fingerprint density at radius 2 is 2.33 bits per heavy atom. The third kappa shape index (κ3) is 3.03. The van der Waals surface area contributed by atoms with Crippen molar-refractivity contribution in [3.63, 3.8) is 0 Å². The molecule has 2 atom stereocenters. The van der Waals surface area contributed by atoms with Crippen LogP contribution in [0.4, 0.5) is 0 Å². The molecule has 1 aliphatic rings. The molecule has 0 aliphatic carbocycles. The molecule has 18 heavy (non-hydrogen) atoms. The fourth-order valence-corrected chi connectivity index (χ4v) is 2.72. The van der Waals surface area contributed by atoms with Gasteiger partial charge >= 0.3 is 5.97 Å². The van der Waals surface area contributed by atoms with E-state index in [4.69, 9.17) is 16.3 Å². The summed E-state index contributed by atoms with van der Waals surface area (Å²) in [6.45, 7) is 0.957. The highest BCUT2D eigenvalue weighted by molar-refractivity contribution is 6.30. The minimum atomic E-state index is -0.269. The van der Waals surface area contributed by atoms with Gasteiger partial charge in [0.1, 0.15) is 0 Å². The first-order chi connectivity index (χ1) is 8.72. The van der Waals surface area contributed by atoms with Gasteiger partial charge in [-0.25, -0.2) is 0 Å². The number of hydrogen-bond donors (Lipinski definition) is 1. The highest BCUT2D eigenvalue weighted by Gasteiger charge is 2.31. The van der Waals surface area contributed by atoms with Crippen molar-refractivity contribution in [3.05, 3.63) is 34.9 Å². The molecule has 3 nitrogen and oxygen atoms in total. The van der Waals surface area contributed by atoms with Gasteiger partial charge in [-0.2, -0.15) is 0 Å². The lowest BCUT2D eigenvalue weighted by Gasteiger charge is -2.30. The average Bonchev–Trinajstić information content (AvgIpc) is 2.40. The Balaban J connectivity index is 2.26. The molecule has 0 spiro atoms. The van der Waals surface area contributed by atoms with Crippen LogP contribution in [-0.2, 0) is 9.53 Å². The van der Waals surface area contributed by atoms with Gasteiger partial charge < -0.3 is 10.1 Å². The molecule has 1 aliphatic heterocycles. The van der Waals surface area contributed by atoms with Crippen molar-refractivity contribution in [2.75, 3.05) is 13.7 Å². The van der Waals surface area contributed by atoms with Crippen LogP contribution in [0.1, 0.15) is 30.7 Å². The van der Waals surface area contributed by atoms with Crippen LogP contribution in [0.25, 0.3) is 0 Å². The van der Waals surface area contributed by atoms with Crippen LogP contribution in [-0.4, -0.2) is 25.7 Å². The van der Waals surface area contributed by atoms with Gasteiger partial charge in [-0.15, -0.1) is 0 Å². The van der Waals surface area contributed by atoms with E-state index in [1.165, 1.54) is 13.5 Å². The number of nitrogens with one attached hydrogen (secondary N) is 1. The highest BCUT2D eigenvalue weighted by Crippen LogP contribution is 2.28. The zero-order chi connectivity index (χ0) is 13.0. The van der Waals surface area contributed by atoms with Gasteiger partial charge in [0.2, 0.25) is 0 Å². The Hall–Kier alpha value is -1.06. The van der Waals surface area contributed by atoms with E-state index < -0.39 is 0 Å². The minimum Gasteiger partial charge on any atom is -0.469 e. The summed E-state index contributed by atoms with van der Waals surface area (Å²) in [5.41, 5.74) is 0.925. The Labute approximate surface area is 112 Å². The van der Waals surface area contributed by atoms with Crippen molar-refractivity contribution in [1.82, 2.24) is 5.32 Å². The zero-order valence-corrected chi connectivity index (χ0v) is 11.2. The molecule has 1 aromatic rings. The first kappa shape index (κ1) is 13.4. The average molecular weight is 268 g/mol. The minimum absolute atomic E-state index is 0.143. The number of hydrogen-bond acceptors (Lipinski definition) is 3. The molecule has 0 amide bonds. The smallest absolute Gasteiger partial charge is 0.314 e. The van der Waals surface area contributed by atoms with Crippen LogP contribution in [0, 0.1) is 0 Å². The van der Waals surface area contributed by atoms with Gasteiger partial charge in [0, 0.05) is 11.1 Å². The summed E-state index contributed by atoms with van der Waals surface area (Å²) in [6.07, 6.45) is 3.30. The standard InChI is InChI=1S/C14H18ClNO2/c1-18-14(17)13(12-7-2-3-8-16-12)10-5-4-6-11(15)9-10/h4-6,9,12-13,16H,2-3,7-8H2,1H3/t12-,13-/m1/s1. The van der Waals surface area contributed by atoms with Crippen LogP contribution in [0.3, 0.4) is 0 Å². The van der Waals surface area contributed by atoms with Gasteiger partial charge in [0.25, 0.3) is 0 Å². The highest BCUT2D eigenvalue weighted by atomic mass is 35.5. The van der Waals surface area contributed by atoms with Gasteiger partial charge in [-0.3, -0.25) is 4.79 Å². The second kappa shape index (κ2) is 6.21. The van der Waals surface area contributed by atoms with Crippen molar-refractivity contribution in [1.29, 1.82) is 0 Å². The third-order valence-electron chi connectivity index (χ3n) is 3.41. The Bertz CT molecular complexity index is 416. The van der Waals surface area contributed by atoms with Crippen molar-refractivity contribution in [3.8, 4) is 0 Å². The first-order valence-electron chi connectivity index (χ1n) is 6.29. The number of rotatable bonds is 3. The fourth-order valence-electron chi connectivity index (χ4n) is 2.52. The Morgan fingerprint density at radius 1 is 1.50 bits per heavy atom. The van der Waals surface area contributed by atoms with Crippen molar-refractivity contribution in [2.45, 2.75) is 31.2 Å². The predicted molar refractivity (Wildman–Crippen MR) is 71.9 cm³/mol. The molecule has 1 saturated heterocycles. The summed E-state index contributed by atoms with van der Waals surface area (Å²) < 4.78 is 4.94. The summed E-state index contributed by atoms with van der Waals surface area (Å²) in [6, 6.07) is 7.61. The van der Waals surface area contributed by atoms with Crippen LogP contribution < -0.4 is 5.32 Å². The van der Waals surface area contributed by atoms with Crippen LogP contribution >= 0.6 is 11.6 Å². The number of carbonyl (C=O) groups is 1. The maximum atomic E-state index is 12.0. The number of benzene rings is 1. The Kier molecular flexibility index (Phi) is 4.61. The first-order valence-corrected chi connectivity index (χ1v) is 6.67. The third-order valence-corrected chi connectivity index (χ3v) is 3.65. The van der Waals surface area contributed by atoms with Crippen LogP contribution in [0.2, 0.25) is 5.02 Å². The molecule has 2 rings (SSSR count). The largest absolute Gasteiger partial charge is 0.469 e. The molecule has 4 heteroatoms. The normalized spacial score (nSPS) is 21.3. The van der Waals surface area contributed by atoms with Crippen LogP contribution in [0.15, 0.2) is 24.3 Å². The van der Waals surface area contributed by atoms with Crippen LogP contribution in [0.5, 0.6) is 0 Å². The molecule has 0 bridgehead atoms.